The van der Waals surface area contributed by atoms with Crippen molar-refractivity contribution >= 4 is 16.1 Å². The van der Waals surface area contributed by atoms with Gasteiger partial charge in [-0.25, -0.2) is 13.1 Å². The third-order valence-corrected chi connectivity index (χ3v) is 6.40. The van der Waals surface area contributed by atoms with Gasteiger partial charge in [-0.05, 0) is 56.7 Å². The van der Waals surface area contributed by atoms with Crippen LogP contribution in [0.5, 0.6) is 0 Å². The van der Waals surface area contributed by atoms with Crippen molar-refractivity contribution in [2.45, 2.75) is 47.0 Å². The minimum atomic E-state index is -3.42. The van der Waals surface area contributed by atoms with Gasteiger partial charge >= 0.3 is 0 Å². The molecule has 2 rings (SSSR count). The number of rotatable bonds is 7. The van der Waals surface area contributed by atoms with E-state index in [0.717, 1.165) is 29.6 Å². The number of nitrogens with one attached hydrogen (secondary N) is 1. The molecule has 0 radical (unpaired) electrons. The number of nitrogens with zero attached hydrogens (tertiary/aromatic N) is 2. The van der Waals surface area contributed by atoms with Gasteiger partial charge < -0.3 is 4.52 Å². The van der Waals surface area contributed by atoms with Gasteiger partial charge in [0.25, 0.3) is 5.89 Å². The van der Waals surface area contributed by atoms with Crippen LogP contribution in [-0.2, 0) is 10.0 Å². The molecule has 1 heterocycles. The Morgan fingerprint density at radius 3 is 2.64 bits per heavy atom. The summed E-state index contributed by atoms with van der Waals surface area (Å²) >= 11 is 0. The predicted octanol–water partition coefficient (Wildman–Crippen LogP) is 4.55. The molecule has 0 saturated heterocycles. The molecule has 0 amide bonds. The highest BCUT2D eigenvalue weighted by Crippen LogP contribution is 2.42. The van der Waals surface area contributed by atoms with Crippen LogP contribution in [0.1, 0.15) is 52.8 Å². The number of sulfonamides is 1. The third kappa shape index (κ3) is 5.87. The van der Waals surface area contributed by atoms with Gasteiger partial charge in [-0.1, -0.05) is 55.0 Å². The first-order chi connectivity index (χ1) is 13.2. The fraction of sp³-hybridized carbons (Fsp3) is 0.429. The number of hydrogen-bond acceptors (Lipinski definition) is 5. The molecule has 28 heavy (non-hydrogen) atoms. The van der Waals surface area contributed by atoms with Crippen LogP contribution < -0.4 is 4.72 Å². The molecular formula is C21H29N3O3S. The molecule has 1 aliphatic rings. The first-order valence-corrected chi connectivity index (χ1v) is 10.8. The molecule has 0 aliphatic heterocycles. The molecule has 1 N–H and O–H groups in total. The number of aromatic nitrogens is 2. The molecular weight excluding hydrogens is 374 g/mol. The van der Waals surface area contributed by atoms with Crippen molar-refractivity contribution < 1.29 is 12.9 Å². The maximum atomic E-state index is 12.4. The molecule has 7 heteroatoms. The van der Waals surface area contributed by atoms with Crippen molar-refractivity contribution in [2.75, 3.05) is 7.05 Å². The highest BCUT2D eigenvalue weighted by molar-refractivity contribution is 7.93. The number of hydrogen-bond donors (Lipinski definition) is 1. The zero-order valence-electron chi connectivity index (χ0n) is 17.2. The first-order valence-electron chi connectivity index (χ1n) is 9.31. The van der Waals surface area contributed by atoms with Gasteiger partial charge in [0, 0.05) is 6.08 Å². The molecule has 0 fully saturated rings. The summed E-state index contributed by atoms with van der Waals surface area (Å²) in [6.45, 7) is 8.13. The SMILES string of the molecule is CNS(=O)(=O)C1=C(/C=C/C(C)=C/C=C/C(C)=C/c2ncno2)C(C)(C)CCC1. The van der Waals surface area contributed by atoms with Crippen LogP contribution in [0, 0.1) is 5.41 Å². The summed E-state index contributed by atoms with van der Waals surface area (Å²) in [6.07, 6.45) is 15.4. The minimum absolute atomic E-state index is 0.173. The molecule has 0 aromatic carbocycles. The minimum Gasteiger partial charge on any atom is -0.335 e. The van der Waals surface area contributed by atoms with E-state index in [4.69, 9.17) is 4.52 Å². The maximum Gasteiger partial charge on any atom is 0.250 e. The lowest BCUT2D eigenvalue weighted by atomic mass is 9.75. The van der Waals surface area contributed by atoms with E-state index in [1.807, 2.05) is 44.2 Å². The van der Waals surface area contributed by atoms with Gasteiger partial charge in [0.1, 0.15) is 0 Å². The Morgan fingerprint density at radius 1 is 1.25 bits per heavy atom. The summed E-state index contributed by atoms with van der Waals surface area (Å²) in [4.78, 5) is 4.46. The monoisotopic (exact) mass is 403 g/mol. The van der Waals surface area contributed by atoms with E-state index >= 15 is 0 Å². The topological polar surface area (TPSA) is 85.1 Å². The van der Waals surface area contributed by atoms with E-state index in [-0.39, 0.29) is 5.41 Å². The Bertz CT molecular complexity index is 932. The van der Waals surface area contributed by atoms with Crippen LogP contribution in [0.2, 0.25) is 0 Å². The second-order valence-electron chi connectivity index (χ2n) is 7.55. The Balaban J connectivity index is 2.21. The van der Waals surface area contributed by atoms with E-state index in [1.54, 1.807) is 6.08 Å². The molecule has 0 spiro atoms. The van der Waals surface area contributed by atoms with Crippen molar-refractivity contribution in [3.8, 4) is 0 Å². The van der Waals surface area contributed by atoms with Gasteiger partial charge in [-0.15, -0.1) is 0 Å². The Hall–Kier alpha value is -2.25. The molecule has 0 saturated carbocycles. The second-order valence-corrected chi connectivity index (χ2v) is 9.46. The third-order valence-electron chi connectivity index (χ3n) is 4.79. The molecule has 1 aromatic rings. The lowest BCUT2D eigenvalue weighted by Crippen LogP contribution is -2.28. The molecule has 152 valence electrons. The molecule has 0 bridgehead atoms. The maximum absolute atomic E-state index is 12.4. The Labute approximate surface area is 167 Å². The molecule has 0 atom stereocenters. The molecule has 6 nitrogen and oxygen atoms in total. The van der Waals surface area contributed by atoms with Crippen molar-refractivity contribution in [1.82, 2.24) is 14.9 Å². The van der Waals surface area contributed by atoms with E-state index in [2.05, 4.69) is 28.7 Å². The van der Waals surface area contributed by atoms with E-state index in [9.17, 15) is 8.42 Å². The zero-order valence-corrected chi connectivity index (χ0v) is 18.0. The normalized spacial score (nSPS) is 19.2. The van der Waals surface area contributed by atoms with Crippen LogP contribution in [0.15, 0.2) is 62.9 Å². The second kappa shape index (κ2) is 9.30. The fourth-order valence-corrected chi connectivity index (χ4v) is 4.46. The smallest absolute Gasteiger partial charge is 0.250 e. The van der Waals surface area contributed by atoms with Gasteiger partial charge in [-0.3, -0.25) is 0 Å². The largest absolute Gasteiger partial charge is 0.335 e. The van der Waals surface area contributed by atoms with E-state index in [1.165, 1.54) is 13.4 Å². The Morgan fingerprint density at radius 2 is 2.00 bits per heavy atom. The van der Waals surface area contributed by atoms with Crippen LogP contribution in [0.3, 0.4) is 0 Å². The van der Waals surface area contributed by atoms with Crippen molar-refractivity contribution in [3.05, 3.63) is 64.2 Å². The van der Waals surface area contributed by atoms with Gasteiger partial charge in [-0.2, -0.15) is 4.98 Å². The summed E-state index contributed by atoms with van der Waals surface area (Å²) in [6, 6.07) is 0. The van der Waals surface area contributed by atoms with Gasteiger partial charge in [0.15, 0.2) is 6.33 Å². The van der Waals surface area contributed by atoms with Crippen LogP contribution in [0.25, 0.3) is 6.08 Å². The number of allylic oxidation sites excluding steroid dienone is 9. The lowest BCUT2D eigenvalue weighted by Gasteiger charge is -2.33. The van der Waals surface area contributed by atoms with E-state index in [0.29, 0.717) is 17.2 Å². The molecule has 1 aliphatic carbocycles. The summed E-state index contributed by atoms with van der Waals surface area (Å²) in [5, 5.41) is 3.57. The van der Waals surface area contributed by atoms with Gasteiger partial charge in [0.05, 0.1) is 4.91 Å². The standard InChI is InChI=1S/C21H29N3O3S/c1-16(8-6-9-17(2)14-20-23-15-24-27-20)11-12-18-19(28(25,26)22-5)10-7-13-21(18,3)4/h6,8-9,11-12,14-15,22H,7,10,13H2,1-5H3/b9-6+,12-11+,16-8+,17-14+. The van der Waals surface area contributed by atoms with Crippen molar-refractivity contribution in [2.24, 2.45) is 5.41 Å². The highest BCUT2D eigenvalue weighted by atomic mass is 32.2. The molecule has 0 unspecified atom stereocenters. The summed E-state index contributed by atoms with van der Waals surface area (Å²) < 4.78 is 32.3. The summed E-state index contributed by atoms with van der Waals surface area (Å²) in [7, 11) is -1.96. The van der Waals surface area contributed by atoms with Crippen molar-refractivity contribution in [3.63, 3.8) is 0 Å². The van der Waals surface area contributed by atoms with Gasteiger partial charge in [0.2, 0.25) is 10.0 Å². The lowest BCUT2D eigenvalue weighted by molar-refractivity contribution is 0.381. The van der Waals surface area contributed by atoms with Crippen molar-refractivity contribution in [1.29, 1.82) is 0 Å². The first kappa shape index (κ1) is 22.0. The van der Waals surface area contributed by atoms with Crippen LogP contribution >= 0.6 is 0 Å². The van der Waals surface area contributed by atoms with Crippen LogP contribution in [-0.4, -0.2) is 25.6 Å². The zero-order chi connectivity index (χ0) is 20.8. The summed E-state index contributed by atoms with van der Waals surface area (Å²) in [5.41, 5.74) is 2.72. The Kier molecular flexibility index (Phi) is 7.32. The average molecular weight is 404 g/mol. The molecule has 1 aromatic heterocycles. The fourth-order valence-electron chi connectivity index (χ4n) is 3.17. The highest BCUT2D eigenvalue weighted by Gasteiger charge is 2.33. The van der Waals surface area contributed by atoms with E-state index < -0.39 is 10.0 Å². The predicted molar refractivity (Wildman–Crippen MR) is 113 cm³/mol. The average Bonchev–Trinajstić information content (AvgIpc) is 3.12. The summed E-state index contributed by atoms with van der Waals surface area (Å²) in [5.74, 6) is 0.465. The quantitative estimate of drug-likeness (QED) is 0.675. The van der Waals surface area contributed by atoms with Crippen LogP contribution in [0.4, 0.5) is 0 Å².